The van der Waals surface area contributed by atoms with Crippen molar-refractivity contribution in [3.8, 4) is 0 Å². The number of amides is 1. The van der Waals surface area contributed by atoms with Crippen molar-refractivity contribution in [2.24, 2.45) is 0 Å². The van der Waals surface area contributed by atoms with Gasteiger partial charge in [-0.05, 0) is 51.0 Å². The fraction of sp³-hybridized carbons (Fsp3) is 0.370. The maximum atomic E-state index is 13.5. The molecule has 1 unspecified atom stereocenters. The number of para-hydroxylation sites is 1. The van der Waals surface area contributed by atoms with Crippen LogP contribution in [-0.4, -0.2) is 40.5 Å². The van der Waals surface area contributed by atoms with E-state index in [2.05, 4.69) is 24.1 Å². The topological polar surface area (TPSA) is 71.5 Å². The van der Waals surface area contributed by atoms with Crippen LogP contribution in [0.4, 0.5) is 5.69 Å². The molecule has 2 heterocycles. The number of nitrogens with one attached hydrogen (secondary N) is 1. The molecule has 0 saturated heterocycles. The molecule has 0 bridgehead atoms. The lowest BCUT2D eigenvalue weighted by molar-refractivity contribution is -0.124. The second-order valence-corrected chi connectivity index (χ2v) is 8.90. The monoisotopic (exact) mass is 445 g/mol. The van der Waals surface area contributed by atoms with E-state index in [1.165, 1.54) is 0 Å². The van der Waals surface area contributed by atoms with E-state index in [9.17, 15) is 9.59 Å². The summed E-state index contributed by atoms with van der Waals surface area (Å²) < 4.78 is 5.82. The van der Waals surface area contributed by atoms with E-state index in [-0.39, 0.29) is 5.91 Å². The number of benzene rings is 2. The molecule has 1 aliphatic heterocycles. The number of nitrogens with zero attached hydrogens (tertiary/aromatic N) is 2. The summed E-state index contributed by atoms with van der Waals surface area (Å²) in [6, 6.07) is 15.6. The summed E-state index contributed by atoms with van der Waals surface area (Å²) in [5, 5.41) is 3.64. The molecular weight excluding hydrogens is 414 g/mol. The Balaban J connectivity index is 1.65. The van der Waals surface area contributed by atoms with E-state index in [0.29, 0.717) is 30.3 Å². The standard InChI is InChI=1S/C27H31N3O3/c1-5-24(26(31)28-19-10-8-9-18(4)15-19)33-27(32)25-20-11-6-7-12-22(20)29-23-13-14-30(17(2)3)16-21(23)25/h6-12,15,17,24H,5,13-14,16H2,1-4H3,(H,28,31). The number of aromatic nitrogens is 1. The quantitative estimate of drug-likeness (QED) is 0.548. The molecule has 4 rings (SSSR count). The van der Waals surface area contributed by atoms with Gasteiger partial charge in [0.25, 0.3) is 5.91 Å². The first-order valence-corrected chi connectivity index (χ1v) is 11.6. The highest BCUT2D eigenvalue weighted by Gasteiger charge is 2.30. The lowest BCUT2D eigenvalue weighted by atomic mass is 9.95. The molecule has 1 atom stereocenters. The Kier molecular flexibility index (Phi) is 6.75. The Labute approximate surface area is 195 Å². The van der Waals surface area contributed by atoms with Gasteiger partial charge in [0.1, 0.15) is 0 Å². The predicted octanol–water partition coefficient (Wildman–Crippen LogP) is 4.88. The lowest BCUT2D eigenvalue weighted by Gasteiger charge is -2.32. The molecular formula is C27H31N3O3. The van der Waals surface area contributed by atoms with Crippen molar-refractivity contribution in [1.29, 1.82) is 0 Å². The third-order valence-corrected chi connectivity index (χ3v) is 6.21. The van der Waals surface area contributed by atoms with Gasteiger partial charge >= 0.3 is 5.97 Å². The molecule has 1 N–H and O–H groups in total. The summed E-state index contributed by atoms with van der Waals surface area (Å²) in [6.07, 6.45) is 0.279. The summed E-state index contributed by atoms with van der Waals surface area (Å²) in [7, 11) is 0. The second-order valence-electron chi connectivity index (χ2n) is 8.90. The van der Waals surface area contributed by atoms with Crippen LogP contribution < -0.4 is 5.32 Å². The smallest absolute Gasteiger partial charge is 0.340 e. The number of hydrogen-bond acceptors (Lipinski definition) is 5. The van der Waals surface area contributed by atoms with Gasteiger partial charge in [-0.3, -0.25) is 14.7 Å². The van der Waals surface area contributed by atoms with Crippen molar-refractivity contribution in [2.45, 2.75) is 59.2 Å². The number of rotatable bonds is 6. The molecule has 6 heteroatoms. The van der Waals surface area contributed by atoms with Gasteiger partial charge in [-0.2, -0.15) is 0 Å². The molecule has 0 saturated carbocycles. The summed E-state index contributed by atoms with van der Waals surface area (Å²) in [5.74, 6) is -0.797. The van der Waals surface area contributed by atoms with E-state index >= 15 is 0 Å². The van der Waals surface area contributed by atoms with Crippen LogP contribution in [-0.2, 0) is 22.5 Å². The maximum absolute atomic E-state index is 13.5. The Morgan fingerprint density at radius 2 is 1.94 bits per heavy atom. The zero-order valence-corrected chi connectivity index (χ0v) is 19.7. The lowest BCUT2D eigenvalue weighted by Crippen LogP contribution is -2.38. The first-order chi connectivity index (χ1) is 15.9. The van der Waals surface area contributed by atoms with Gasteiger partial charge < -0.3 is 10.1 Å². The average Bonchev–Trinajstić information content (AvgIpc) is 2.80. The molecule has 1 aromatic heterocycles. The number of carbonyl (C=O) groups excluding carboxylic acids is 2. The van der Waals surface area contributed by atoms with Crippen LogP contribution in [0.2, 0.25) is 0 Å². The van der Waals surface area contributed by atoms with Crippen LogP contribution in [0.5, 0.6) is 0 Å². The minimum atomic E-state index is -0.884. The van der Waals surface area contributed by atoms with Crippen molar-refractivity contribution in [3.63, 3.8) is 0 Å². The van der Waals surface area contributed by atoms with Crippen LogP contribution in [0.25, 0.3) is 10.9 Å². The van der Waals surface area contributed by atoms with Crippen LogP contribution in [0.15, 0.2) is 48.5 Å². The number of pyridine rings is 1. The summed E-state index contributed by atoms with van der Waals surface area (Å²) in [5.41, 5.74) is 4.89. The molecule has 3 aromatic rings. The molecule has 0 fully saturated rings. The molecule has 1 amide bonds. The Morgan fingerprint density at radius 1 is 1.15 bits per heavy atom. The van der Waals surface area contributed by atoms with Crippen molar-refractivity contribution in [2.75, 3.05) is 11.9 Å². The minimum Gasteiger partial charge on any atom is -0.449 e. The molecule has 2 aromatic carbocycles. The molecule has 0 spiro atoms. The first kappa shape index (κ1) is 22.9. The van der Waals surface area contributed by atoms with Crippen LogP contribution >= 0.6 is 0 Å². The number of ether oxygens (including phenoxy) is 1. The van der Waals surface area contributed by atoms with Gasteiger partial charge in [-0.15, -0.1) is 0 Å². The van der Waals surface area contributed by atoms with Gasteiger partial charge in [0.2, 0.25) is 0 Å². The van der Waals surface area contributed by atoms with E-state index in [0.717, 1.165) is 40.7 Å². The Morgan fingerprint density at radius 3 is 2.67 bits per heavy atom. The highest BCUT2D eigenvalue weighted by Crippen LogP contribution is 2.30. The molecule has 33 heavy (non-hydrogen) atoms. The third-order valence-electron chi connectivity index (χ3n) is 6.21. The van der Waals surface area contributed by atoms with Gasteiger partial charge in [0.05, 0.1) is 11.1 Å². The first-order valence-electron chi connectivity index (χ1n) is 11.6. The van der Waals surface area contributed by atoms with E-state index in [4.69, 9.17) is 9.72 Å². The summed E-state index contributed by atoms with van der Waals surface area (Å²) in [4.78, 5) is 33.6. The predicted molar refractivity (Wildman–Crippen MR) is 130 cm³/mol. The average molecular weight is 446 g/mol. The highest BCUT2D eigenvalue weighted by molar-refractivity contribution is 6.06. The zero-order valence-electron chi connectivity index (χ0n) is 19.7. The molecule has 6 nitrogen and oxygen atoms in total. The van der Waals surface area contributed by atoms with Crippen molar-refractivity contribution in [3.05, 3.63) is 70.9 Å². The Bertz CT molecular complexity index is 1190. The molecule has 172 valence electrons. The summed E-state index contributed by atoms with van der Waals surface area (Å²) >= 11 is 0. The largest absolute Gasteiger partial charge is 0.449 e. The molecule has 0 radical (unpaired) electrons. The zero-order chi connectivity index (χ0) is 23.5. The minimum absolute atomic E-state index is 0.326. The number of esters is 1. The van der Waals surface area contributed by atoms with Gasteiger partial charge in [0, 0.05) is 47.9 Å². The fourth-order valence-corrected chi connectivity index (χ4v) is 4.34. The fourth-order valence-electron chi connectivity index (χ4n) is 4.34. The van der Waals surface area contributed by atoms with E-state index in [1.54, 1.807) is 0 Å². The van der Waals surface area contributed by atoms with E-state index in [1.807, 2.05) is 62.4 Å². The van der Waals surface area contributed by atoms with E-state index < -0.39 is 12.1 Å². The number of aryl methyl sites for hydroxylation is 1. The van der Waals surface area contributed by atoms with Crippen molar-refractivity contribution < 1.29 is 14.3 Å². The van der Waals surface area contributed by atoms with Crippen LogP contribution in [0.1, 0.15) is 54.4 Å². The number of fused-ring (bicyclic) bond motifs is 2. The van der Waals surface area contributed by atoms with Gasteiger partial charge in [-0.25, -0.2) is 4.79 Å². The number of carbonyl (C=O) groups is 2. The Hall–Kier alpha value is -3.25. The SMILES string of the molecule is CCC(OC(=O)c1c2c(nc3ccccc13)CCN(C(C)C)C2)C(=O)Nc1cccc(C)c1. The second kappa shape index (κ2) is 9.71. The maximum Gasteiger partial charge on any atom is 0.340 e. The summed E-state index contributed by atoms with van der Waals surface area (Å²) in [6.45, 7) is 9.66. The number of hydrogen-bond donors (Lipinski definition) is 1. The molecule has 1 aliphatic rings. The van der Waals surface area contributed by atoms with Gasteiger partial charge in [-0.1, -0.05) is 37.3 Å². The van der Waals surface area contributed by atoms with Crippen molar-refractivity contribution in [1.82, 2.24) is 9.88 Å². The van der Waals surface area contributed by atoms with Crippen molar-refractivity contribution >= 4 is 28.5 Å². The molecule has 0 aliphatic carbocycles. The highest BCUT2D eigenvalue weighted by atomic mass is 16.5. The van der Waals surface area contributed by atoms with Crippen LogP contribution in [0, 0.1) is 6.92 Å². The normalized spacial score (nSPS) is 14.7. The number of anilines is 1. The van der Waals surface area contributed by atoms with Gasteiger partial charge in [0.15, 0.2) is 6.10 Å². The van der Waals surface area contributed by atoms with Crippen LogP contribution in [0.3, 0.4) is 0 Å². The third kappa shape index (κ3) is 4.91.